The number of methoxy groups -OCH3 is 1. The van der Waals surface area contributed by atoms with E-state index in [9.17, 15) is 9.59 Å². The first-order valence-corrected chi connectivity index (χ1v) is 10.0. The fourth-order valence-electron chi connectivity index (χ4n) is 4.48. The highest BCUT2D eigenvalue weighted by Crippen LogP contribution is 2.38. The summed E-state index contributed by atoms with van der Waals surface area (Å²) in [5, 5.41) is 1.75. The number of amides is 2. The number of benzene rings is 3. The van der Waals surface area contributed by atoms with Crippen LogP contribution in [0.5, 0.6) is 5.75 Å². The molecule has 0 spiro atoms. The smallest absolute Gasteiger partial charge is 0.265 e. The van der Waals surface area contributed by atoms with Crippen LogP contribution in [0.25, 0.3) is 10.8 Å². The lowest BCUT2D eigenvalue weighted by Crippen LogP contribution is -2.40. The highest BCUT2D eigenvalue weighted by molar-refractivity contribution is 6.36. The van der Waals surface area contributed by atoms with Crippen LogP contribution in [0.1, 0.15) is 40.0 Å². The molecule has 3 aromatic rings. The van der Waals surface area contributed by atoms with E-state index >= 15 is 0 Å². The highest BCUT2D eigenvalue weighted by atomic mass is 16.5. The molecule has 5 heteroatoms. The van der Waals surface area contributed by atoms with E-state index in [1.807, 2.05) is 30.3 Å². The van der Waals surface area contributed by atoms with Crippen molar-refractivity contribution >= 4 is 34.0 Å². The highest BCUT2D eigenvalue weighted by Gasteiger charge is 2.35. The summed E-state index contributed by atoms with van der Waals surface area (Å²) in [5.41, 5.74) is 2.76. The molecule has 5 rings (SSSR count). The van der Waals surface area contributed by atoms with E-state index in [4.69, 9.17) is 4.74 Å². The zero-order valence-corrected chi connectivity index (χ0v) is 16.4. The van der Waals surface area contributed by atoms with Crippen LogP contribution in [0.4, 0.5) is 11.4 Å². The summed E-state index contributed by atoms with van der Waals surface area (Å²) in [4.78, 5) is 30.3. The van der Waals surface area contributed by atoms with Gasteiger partial charge in [-0.05, 0) is 49.6 Å². The summed E-state index contributed by atoms with van der Waals surface area (Å²) in [5.74, 6) is 0.0156. The Morgan fingerprint density at radius 1 is 0.828 bits per heavy atom. The van der Waals surface area contributed by atoms with Gasteiger partial charge in [0, 0.05) is 46.7 Å². The average molecular weight is 386 g/mol. The van der Waals surface area contributed by atoms with Gasteiger partial charge in [-0.1, -0.05) is 18.2 Å². The monoisotopic (exact) mass is 386 g/mol. The Labute approximate surface area is 169 Å². The Hall–Kier alpha value is -3.34. The molecule has 0 bridgehead atoms. The molecular formula is C24H22N2O3. The minimum atomic E-state index is -0.294. The first-order valence-electron chi connectivity index (χ1n) is 10.0. The summed E-state index contributed by atoms with van der Waals surface area (Å²) in [6, 6.07) is 16.7. The molecule has 0 atom stereocenters. The Morgan fingerprint density at radius 3 is 2.31 bits per heavy atom. The third-order valence-electron chi connectivity index (χ3n) is 5.89. The molecule has 3 aromatic carbocycles. The van der Waals surface area contributed by atoms with E-state index in [2.05, 4.69) is 4.90 Å². The Balaban J connectivity index is 1.67. The van der Waals surface area contributed by atoms with Gasteiger partial charge in [0.05, 0.1) is 12.8 Å². The van der Waals surface area contributed by atoms with Gasteiger partial charge in [0.25, 0.3) is 11.8 Å². The van der Waals surface area contributed by atoms with Gasteiger partial charge in [0.1, 0.15) is 5.75 Å². The molecule has 1 fully saturated rings. The van der Waals surface area contributed by atoms with Crippen molar-refractivity contribution in [2.75, 3.05) is 30.0 Å². The summed E-state index contributed by atoms with van der Waals surface area (Å²) in [6.45, 7) is 2.02. The second-order valence-electron chi connectivity index (χ2n) is 7.56. The van der Waals surface area contributed by atoms with Crippen LogP contribution in [0, 0.1) is 0 Å². The first-order chi connectivity index (χ1) is 14.2. The Bertz CT molecular complexity index is 1110. The van der Waals surface area contributed by atoms with Crippen molar-refractivity contribution < 1.29 is 14.3 Å². The van der Waals surface area contributed by atoms with E-state index in [1.165, 1.54) is 24.2 Å². The zero-order chi connectivity index (χ0) is 20.0. The Kier molecular flexibility index (Phi) is 4.23. The number of carbonyl (C=O) groups is 2. The maximum atomic E-state index is 13.4. The second kappa shape index (κ2) is 6.92. The van der Waals surface area contributed by atoms with Crippen molar-refractivity contribution in [1.82, 2.24) is 0 Å². The minimum absolute atomic E-state index is 0.294. The van der Waals surface area contributed by atoms with Crippen molar-refractivity contribution in [3.63, 3.8) is 0 Å². The lowest BCUT2D eigenvalue weighted by atomic mass is 9.92. The van der Waals surface area contributed by atoms with Gasteiger partial charge in [-0.2, -0.15) is 0 Å². The molecule has 0 radical (unpaired) electrons. The average Bonchev–Trinajstić information content (AvgIpc) is 2.78. The van der Waals surface area contributed by atoms with Gasteiger partial charge in [-0.3, -0.25) is 9.59 Å². The SMILES string of the molecule is COc1cccc(N2C(=O)c3cccc4c(N5CCCCC5)ccc(c34)C2=O)c1. The Morgan fingerprint density at radius 2 is 1.55 bits per heavy atom. The number of ether oxygens (including phenoxy) is 1. The zero-order valence-electron chi connectivity index (χ0n) is 16.4. The lowest BCUT2D eigenvalue weighted by Gasteiger charge is -2.32. The number of nitrogens with zero attached hydrogens (tertiary/aromatic N) is 2. The molecule has 0 aliphatic carbocycles. The second-order valence-corrected chi connectivity index (χ2v) is 7.56. The molecule has 2 amide bonds. The van der Waals surface area contributed by atoms with Crippen molar-refractivity contribution in [2.45, 2.75) is 19.3 Å². The quantitative estimate of drug-likeness (QED) is 0.616. The van der Waals surface area contributed by atoms with E-state index in [0.29, 0.717) is 22.6 Å². The van der Waals surface area contributed by atoms with Crippen LogP contribution in [0.3, 0.4) is 0 Å². The maximum Gasteiger partial charge on any atom is 0.265 e. The normalized spacial score (nSPS) is 16.4. The third-order valence-corrected chi connectivity index (χ3v) is 5.89. The molecule has 29 heavy (non-hydrogen) atoms. The van der Waals surface area contributed by atoms with Gasteiger partial charge in [0.2, 0.25) is 0 Å². The van der Waals surface area contributed by atoms with Gasteiger partial charge in [-0.15, -0.1) is 0 Å². The molecule has 1 saturated heterocycles. The van der Waals surface area contributed by atoms with Crippen LogP contribution in [0.2, 0.25) is 0 Å². The predicted octanol–water partition coefficient (Wildman–Crippen LogP) is 4.64. The molecule has 2 aliphatic heterocycles. The van der Waals surface area contributed by atoms with E-state index in [0.717, 1.165) is 29.5 Å². The molecule has 146 valence electrons. The number of carbonyl (C=O) groups excluding carboxylic acids is 2. The maximum absolute atomic E-state index is 13.4. The molecule has 0 aromatic heterocycles. The van der Waals surface area contributed by atoms with E-state index in [-0.39, 0.29) is 11.8 Å². The van der Waals surface area contributed by atoms with Crippen LogP contribution in [-0.2, 0) is 0 Å². The third kappa shape index (κ3) is 2.77. The van der Waals surface area contributed by atoms with Gasteiger partial charge >= 0.3 is 0 Å². The molecular weight excluding hydrogens is 364 g/mol. The summed E-state index contributed by atoms with van der Waals surface area (Å²) in [6.07, 6.45) is 3.60. The summed E-state index contributed by atoms with van der Waals surface area (Å²) in [7, 11) is 1.57. The summed E-state index contributed by atoms with van der Waals surface area (Å²) < 4.78 is 5.27. The standard InChI is InChI=1S/C24H22N2O3/c1-29-17-8-5-7-16(15-17)26-23(27)19-10-6-9-18-21(25-13-3-2-4-14-25)12-11-20(22(18)19)24(26)28/h5-12,15H,2-4,13-14H2,1H3. The molecule has 0 unspecified atom stereocenters. The number of imide groups is 1. The number of piperidine rings is 1. The van der Waals surface area contributed by atoms with Gasteiger partial charge in [-0.25, -0.2) is 4.90 Å². The van der Waals surface area contributed by atoms with E-state index < -0.39 is 0 Å². The van der Waals surface area contributed by atoms with Crippen LogP contribution in [0.15, 0.2) is 54.6 Å². The number of anilines is 2. The molecule has 2 heterocycles. The van der Waals surface area contributed by atoms with Crippen molar-refractivity contribution in [2.24, 2.45) is 0 Å². The fourth-order valence-corrected chi connectivity index (χ4v) is 4.48. The number of hydrogen-bond donors (Lipinski definition) is 0. The molecule has 0 saturated carbocycles. The van der Waals surface area contributed by atoms with Crippen LogP contribution < -0.4 is 14.5 Å². The predicted molar refractivity (Wildman–Crippen MR) is 114 cm³/mol. The van der Waals surface area contributed by atoms with E-state index in [1.54, 1.807) is 31.4 Å². The molecule has 5 nitrogen and oxygen atoms in total. The molecule has 0 N–H and O–H groups in total. The first kappa shape index (κ1) is 17.7. The number of hydrogen-bond acceptors (Lipinski definition) is 4. The lowest BCUT2D eigenvalue weighted by molar-refractivity contribution is 0.0893. The van der Waals surface area contributed by atoms with Crippen molar-refractivity contribution in [3.8, 4) is 5.75 Å². The molecule has 2 aliphatic rings. The van der Waals surface area contributed by atoms with Gasteiger partial charge < -0.3 is 9.64 Å². The van der Waals surface area contributed by atoms with Crippen LogP contribution >= 0.6 is 0 Å². The topological polar surface area (TPSA) is 49.9 Å². The minimum Gasteiger partial charge on any atom is -0.497 e. The van der Waals surface area contributed by atoms with Crippen molar-refractivity contribution in [1.29, 1.82) is 0 Å². The van der Waals surface area contributed by atoms with Crippen LogP contribution in [-0.4, -0.2) is 32.0 Å². The van der Waals surface area contributed by atoms with Crippen molar-refractivity contribution in [3.05, 3.63) is 65.7 Å². The summed E-state index contributed by atoms with van der Waals surface area (Å²) >= 11 is 0. The fraction of sp³-hybridized carbons (Fsp3) is 0.250. The van der Waals surface area contributed by atoms with Gasteiger partial charge in [0.15, 0.2) is 0 Å². The number of rotatable bonds is 3. The largest absolute Gasteiger partial charge is 0.497 e.